The highest BCUT2D eigenvalue weighted by molar-refractivity contribution is 5.96. The van der Waals surface area contributed by atoms with Gasteiger partial charge in [0.1, 0.15) is 6.10 Å². The molecule has 1 heterocycles. The van der Waals surface area contributed by atoms with Gasteiger partial charge in [0, 0.05) is 18.0 Å². The monoisotopic (exact) mass is 302 g/mol. The number of benzene rings is 1. The van der Waals surface area contributed by atoms with Gasteiger partial charge in [-0.15, -0.1) is 0 Å². The topological polar surface area (TPSA) is 72.6 Å². The molecule has 0 spiro atoms. The third kappa shape index (κ3) is 3.08. The van der Waals surface area contributed by atoms with E-state index >= 15 is 0 Å². The number of amides is 2. The fraction of sp³-hybridized carbons (Fsp3) is 0.529. The van der Waals surface area contributed by atoms with Crippen LogP contribution in [-0.4, -0.2) is 24.6 Å². The smallest absolute Gasteiger partial charge is 0.404 e. The number of carbonyl (C=O) groups is 2. The van der Waals surface area contributed by atoms with E-state index in [0.717, 1.165) is 36.9 Å². The molecule has 0 radical (unpaired) electrons. The van der Waals surface area contributed by atoms with Crippen LogP contribution in [-0.2, 0) is 16.0 Å². The molecular weight excluding hydrogens is 280 g/mol. The van der Waals surface area contributed by atoms with Crippen LogP contribution in [0.2, 0.25) is 0 Å². The van der Waals surface area contributed by atoms with Crippen molar-refractivity contribution in [1.82, 2.24) is 0 Å². The molecular formula is C17H22N2O3. The normalized spacial score (nSPS) is 22.0. The highest BCUT2D eigenvalue weighted by atomic mass is 16.6. The maximum absolute atomic E-state index is 12.9. The molecule has 1 aliphatic carbocycles. The Hall–Kier alpha value is -2.04. The van der Waals surface area contributed by atoms with Gasteiger partial charge in [0.2, 0.25) is 5.91 Å². The molecule has 1 unspecified atom stereocenters. The van der Waals surface area contributed by atoms with Crippen molar-refractivity contribution in [1.29, 1.82) is 0 Å². The van der Waals surface area contributed by atoms with Gasteiger partial charge in [-0.3, -0.25) is 4.79 Å². The van der Waals surface area contributed by atoms with Crippen LogP contribution in [0.25, 0.3) is 0 Å². The van der Waals surface area contributed by atoms with Crippen molar-refractivity contribution in [3.63, 3.8) is 0 Å². The van der Waals surface area contributed by atoms with Crippen molar-refractivity contribution in [3.8, 4) is 0 Å². The summed E-state index contributed by atoms with van der Waals surface area (Å²) in [6, 6.07) is 7.83. The minimum atomic E-state index is -0.783. The summed E-state index contributed by atoms with van der Waals surface area (Å²) in [5, 5.41) is 0. The van der Waals surface area contributed by atoms with Crippen molar-refractivity contribution in [2.24, 2.45) is 11.7 Å². The fourth-order valence-electron chi connectivity index (χ4n) is 3.58. The third-order valence-electron chi connectivity index (χ3n) is 4.62. The van der Waals surface area contributed by atoms with Crippen molar-refractivity contribution in [3.05, 3.63) is 29.8 Å². The summed E-state index contributed by atoms with van der Waals surface area (Å²) < 4.78 is 5.16. The van der Waals surface area contributed by atoms with Gasteiger partial charge in [-0.1, -0.05) is 37.5 Å². The van der Waals surface area contributed by atoms with Gasteiger partial charge < -0.3 is 15.4 Å². The summed E-state index contributed by atoms with van der Waals surface area (Å²) in [6.45, 7) is 0.398. The lowest BCUT2D eigenvalue weighted by atomic mass is 9.87. The van der Waals surface area contributed by atoms with E-state index in [1.165, 1.54) is 6.42 Å². The molecule has 2 aliphatic rings. The van der Waals surface area contributed by atoms with E-state index in [-0.39, 0.29) is 17.9 Å². The number of carbonyl (C=O) groups excluding carboxylic acids is 2. The number of anilines is 1. The van der Waals surface area contributed by atoms with E-state index < -0.39 is 6.09 Å². The Bertz CT molecular complexity index is 567. The lowest BCUT2D eigenvalue weighted by Crippen LogP contribution is -2.47. The minimum absolute atomic E-state index is 0.0918. The third-order valence-corrected chi connectivity index (χ3v) is 4.62. The first-order valence-electron chi connectivity index (χ1n) is 8.00. The van der Waals surface area contributed by atoms with Crippen LogP contribution in [0.15, 0.2) is 24.3 Å². The average Bonchev–Trinajstić information content (AvgIpc) is 2.53. The van der Waals surface area contributed by atoms with Gasteiger partial charge in [0.15, 0.2) is 0 Å². The zero-order valence-electron chi connectivity index (χ0n) is 12.7. The summed E-state index contributed by atoms with van der Waals surface area (Å²) in [5.74, 6) is 0.249. The number of fused-ring (bicyclic) bond motifs is 1. The van der Waals surface area contributed by atoms with Gasteiger partial charge in [-0.2, -0.15) is 0 Å². The van der Waals surface area contributed by atoms with Gasteiger partial charge >= 0.3 is 6.09 Å². The molecule has 1 aromatic rings. The molecule has 1 saturated carbocycles. The molecule has 2 N–H and O–H groups in total. The number of primary amides is 1. The van der Waals surface area contributed by atoms with E-state index in [4.69, 9.17) is 10.5 Å². The molecule has 0 aromatic heterocycles. The molecule has 118 valence electrons. The molecule has 3 rings (SSSR count). The highest BCUT2D eigenvalue weighted by Gasteiger charge is 2.33. The maximum atomic E-state index is 12.9. The molecule has 0 bridgehead atoms. The largest absolute Gasteiger partial charge is 0.444 e. The predicted molar refractivity (Wildman–Crippen MR) is 83.5 cm³/mol. The summed E-state index contributed by atoms with van der Waals surface area (Å²) in [7, 11) is 0. The number of para-hydroxylation sites is 1. The quantitative estimate of drug-likeness (QED) is 0.912. The van der Waals surface area contributed by atoms with E-state index in [0.29, 0.717) is 13.0 Å². The van der Waals surface area contributed by atoms with Crippen LogP contribution in [0.3, 0.4) is 0 Å². The zero-order valence-corrected chi connectivity index (χ0v) is 12.7. The Kier molecular flexibility index (Phi) is 4.32. The van der Waals surface area contributed by atoms with Crippen molar-refractivity contribution >= 4 is 17.7 Å². The second kappa shape index (κ2) is 6.38. The fourth-order valence-corrected chi connectivity index (χ4v) is 3.58. The van der Waals surface area contributed by atoms with Crippen LogP contribution in [0, 0.1) is 5.92 Å². The van der Waals surface area contributed by atoms with Gasteiger partial charge in [-0.25, -0.2) is 4.79 Å². The Morgan fingerprint density at radius 3 is 2.59 bits per heavy atom. The van der Waals surface area contributed by atoms with E-state index in [1.807, 2.05) is 24.3 Å². The second-order valence-corrected chi connectivity index (χ2v) is 6.18. The van der Waals surface area contributed by atoms with Crippen LogP contribution < -0.4 is 10.6 Å². The second-order valence-electron chi connectivity index (χ2n) is 6.18. The number of nitrogens with zero attached hydrogens (tertiary/aromatic N) is 1. The predicted octanol–water partition coefficient (Wildman–Crippen LogP) is 2.62. The molecule has 1 aromatic carbocycles. The van der Waals surface area contributed by atoms with Crippen molar-refractivity contribution in [2.45, 2.75) is 44.6 Å². The van der Waals surface area contributed by atoms with Gasteiger partial charge in [0.25, 0.3) is 0 Å². The highest BCUT2D eigenvalue weighted by Crippen LogP contribution is 2.32. The van der Waals surface area contributed by atoms with Crippen LogP contribution in [0.1, 0.15) is 37.7 Å². The number of rotatable bonds is 2. The SMILES string of the molecule is NC(=O)OC1Cc2ccccc2N(C(=O)C2CCCCC2)C1. The first-order valence-corrected chi connectivity index (χ1v) is 8.00. The molecule has 1 atom stereocenters. The minimum Gasteiger partial charge on any atom is -0.444 e. The molecule has 1 aliphatic heterocycles. The molecule has 2 amide bonds. The Balaban J connectivity index is 1.84. The number of hydrogen-bond donors (Lipinski definition) is 1. The average molecular weight is 302 g/mol. The molecule has 5 nitrogen and oxygen atoms in total. The molecule has 0 saturated heterocycles. The van der Waals surface area contributed by atoms with E-state index in [1.54, 1.807) is 4.90 Å². The molecule has 5 heteroatoms. The zero-order chi connectivity index (χ0) is 15.5. The number of nitrogens with two attached hydrogens (primary N) is 1. The Morgan fingerprint density at radius 2 is 1.86 bits per heavy atom. The van der Waals surface area contributed by atoms with Crippen molar-refractivity contribution < 1.29 is 14.3 Å². The first-order chi connectivity index (χ1) is 10.6. The van der Waals surface area contributed by atoms with Crippen LogP contribution in [0.4, 0.5) is 10.5 Å². The Labute approximate surface area is 130 Å². The van der Waals surface area contributed by atoms with Crippen LogP contribution >= 0.6 is 0 Å². The number of ether oxygens (including phenoxy) is 1. The molecule has 22 heavy (non-hydrogen) atoms. The first kappa shape index (κ1) is 14.9. The lowest BCUT2D eigenvalue weighted by molar-refractivity contribution is -0.123. The van der Waals surface area contributed by atoms with Crippen LogP contribution in [0.5, 0.6) is 0 Å². The lowest BCUT2D eigenvalue weighted by Gasteiger charge is -2.36. The standard InChI is InChI=1S/C17H22N2O3/c18-17(21)22-14-10-13-8-4-5-9-15(13)19(11-14)16(20)12-6-2-1-3-7-12/h4-5,8-9,12,14H,1-3,6-7,10-11H2,(H2,18,21). The van der Waals surface area contributed by atoms with Gasteiger partial charge in [0.05, 0.1) is 6.54 Å². The Morgan fingerprint density at radius 1 is 1.14 bits per heavy atom. The molecule has 1 fully saturated rings. The number of hydrogen-bond acceptors (Lipinski definition) is 3. The maximum Gasteiger partial charge on any atom is 0.404 e. The van der Waals surface area contributed by atoms with Crippen molar-refractivity contribution in [2.75, 3.05) is 11.4 Å². The summed E-state index contributed by atoms with van der Waals surface area (Å²) >= 11 is 0. The summed E-state index contributed by atoms with van der Waals surface area (Å²) in [6.07, 6.45) is 4.83. The van der Waals surface area contributed by atoms with E-state index in [9.17, 15) is 9.59 Å². The van der Waals surface area contributed by atoms with E-state index in [2.05, 4.69) is 0 Å². The summed E-state index contributed by atoms with van der Waals surface area (Å²) in [4.78, 5) is 25.7. The van der Waals surface area contributed by atoms with Gasteiger partial charge in [-0.05, 0) is 24.5 Å². The summed E-state index contributed by atoms with van der Waals surface area (Å²) in [5.41, 5.74) is 7.12.